The molecule has 2 heterocycles. The van der Waals surface area contributed by atoms with Crippen molar-refractivity contribution in [2.45, 2.75) is 199 Å². The summed E-state index contributed by atoms with van der Waals surface area (Å²) in [5, 5.41) is 10.7. The van der Waals surface area contributed by atoms with E-state index in [0.29, 0.717) is 18.4 Å². The van der Waals surface area contributed by atoms with Gasteiger partial charge in [-0.3, -0.25) is 52.7 Å². The number of rotatable bonds is 12. The van der Waals surface area contributed by atoms with Crippen LogP contribution in [0.3, 0.4) is 0 Å². The topological polar surface area (TPSA) is 259 Å². The molecule has 1 unspecified atom stereocenters. The number of hydrogen-bond acceptors (Lipinski definition) is 11. The highest BCUT2D eigenvalue weighted by Gasteiger charge is 2.46. The van der Waals surface area contributed by atoms with Crippen LogP contribution >= 0.6 is 11.6 Å². The van der Waals surface area contributed by atoms with Gasteiger partial charge in [0.1, 0.15) is 41.8 Å². The van der Waals surface area contributed by atoms with Crippen molar-refractivity contribution in [2.24, 2.45) is 23.7 Å². The molecule has 4 N–H and O–H groups in total. The lowest BCUT2D eigenvalue weighted by Gasteiger charge is -2.39. The molecule has 22 nitrogen and oxygen atoms in total. The summed E-state index contributed by atoms with van der Waals surface area (Å²) in [6.45, 7) is 16.0. The third-order valence-electron chi connectivity index (χ3n) is 17.8. The van der Waals surface area contributed by atoms with Crippen LogP contribution in [0, 0.1) is 23.7 Å². The van der Waals surface area contributed by atoms with Crippen LogP contribution in [0.1, 0.15) is 150 Å². The number of carbonyl (C=O) groups is 11. The van der Waals surface area contributed by atoms with Gasteiger partial charge in [-0.25, -0.2) is 0 Å². The first-order valence-corrected chi connectivity index (χ1v) is 31.9. The van der Waals surface area contributed by atoms with Gasteiger partial charge in [0, 0.05) is 61.3 Å². The second-order valence-corrected chi connectivity index (χ2v) is 26.5. The van der Waals surface area contributed by atoms with Gasteiger partial charge < -0.3 is 55.6 Å². The van der Waals surface area contributed by atoms with Crippen molar-refractivity contribution in [1.29, 1.82) is 0 Å². The Morgan fingerprint density at radius 2 is 1.32 bits per heavy atom. The lowest BCUT2D eigenvalue weighted by atomic mass is 9.84. The molecule has 1 aromatic rings. The van der Waals surface area contributed by atoms with Crippen molar-refractivity contribution < 1.29 is 65.9 Å². The molecular formula is C64H99ClF3N11O11. The Kier molecular flexibility index (Phi) is 28.2. The predicted molar refractivity (Wildman–Crippen MR) is 334 cm³/mol. The Bertz CT molecular complexity index is 2760. The van der Waals surface area contributed by atoms with Crippen LogP contribution in [0.5, 0.6) is 0 Å². The van der Waals surface area contributed by atoms with Gasteiger partial charge in [0.15, 0.2) is 0 Å². The molecule has 0 bridgehead atoms. The summed E-state index contributed by atoms with van der Waals surface area (Å²) in [6, 6.07) is -4.84. The first kappa shape index (κ1) is 75.7. The average Bonchev–Trinajstić information content (AvgIpc) is 1.30. The number of fused-ring (bicyclic) bond motifs is 1. The molecule has 0 spiro atoms. The molecule has 4 rings (SSSR count). The van der Waals surface area contributed by atoms with E-state index >= 15 is 0 Å². The van der Waals surface area contributed by atoms with Gasteiger partial charge >= 0.3 is 6.18 Å². The van der Waals surface area contributed by atoms with E-state index in [2.05, 4.69) is 27.8 Å². The van der Waals surface area contributed by atoms with E-state index in [4.69, 9.17) is 11.6 Å². The molecule has 2 aliphatic heterocycles. The Balaban J connectivity index is 1.81. The number of carbonyl (C=O) groups excluding carboxylic acids is 11. The normalized spacial score (nSPS) is 26.6. The van der Waals surface area contributed by atoms with E-state index in [9.17, 15) is 65.9 Å². The van der Waals surface area contributed by atoms with Gasteiger partial charge in [0.2, 0.25) is 65.0 Å². The van der Waals surface area contributed by atoms with Crippen LogP contribution in [-0.4, -0.2) is 216 Å². The second-order valence-electron chi connectivity index (χ2n) is 26.1. The van der Waals surface area contributed by atoms with Crippen molar-refractivity contribution in [3.63, 3.8) is 0 Å². The van der Waals surface area contributed by atoms with E-state index in [1.165, 1.54) is 81.0 Å². The highest BCUT2D eigenvalue weighted by Crippen LogP contribution is 2.36. The summed E-state index contributed by atoms with van der Waals surface area (Å²) >= 11 is 6.10. The van der Waals surface area contributed by atoms with E-state index < -0.39 is 161 Å². The van der Waals surface area contributed by atoms with Crippen molar-refractivity contribution >= 4 is 76.6 Å². The lowest BCUT2D eigenvalue weighted by Crippen LogP contribution is -2.64. The van der Waals surface area contributed by atoms with Crippen LogP contribution in [0.25, 0.3) is 0 Å². The van der Waals surface area contributed by atoms with Crippen molar-refractivity contribution in [3.8, 4) is 0 Å². The van der Waals surface area contributed by atoms with Crippen LogP contribution in [-0.2, 0) is 65.3 Å². The minimum absolute atomic E-state index is 0.0228. The van der Waals surface area contributed by atoms with Crippen LogP contribution < -0.4 is 21.3 Å². The van der Waals surface area contributed by atoms with Crippen molar-refractivity contribution in [1.82, 2.24) is 55.6 Å². The molecule has 3 aliphatic rings. The number of likely N-dealkylation sites (N-methyl/N-ethyl adjacent to an activating group) is 6. The Labute approximate surface area is 534 Å². The van der Waals surface area contributed by atoms with Gasteiger partial charge in [-0.05, 0) is 100 Å². The summed E-state index contributed by atoms with van der Waals surface area (Å²) in [5.74, 6) is -8.30. The Morgan fingerprint density at radius 3 is 1.90 bits per heavy atom. The molecule has 2 saturated heterocycles. The molecule has 1 aliphatic carbocycles. The first-order valence-electron chi connectivity index (χ1n) is 31.5. The summed E-state index contributed by atoms with van der Waals surface area (Å²) in [5.41, 5.74) is -2.54. The first-order chi connectivity index (χ1) is 42.0. The number of nitrogens with one attached hydrogen (secondary N) is 4. The molecule has 504 valence electrons. The van der Waals surface area contributed by atoms with E-state index in [1.807, 2.05) is 20.8 Å². The van der Waals surface area contributed by atoms with Gasteiger partial charge in [-0.15, -0.1) is 6.58 Å². The van der Waals surface area contributed by atoms with Crippen molar-refractivity contribution in [2.75, 3.05) is 68.5 Å². The summed E-state index contributed by atoms with van der Waals surface area (Å²) in [7, 11) is 8.43. The monoisotopic (exact) mass is 1290 g/mol. The Morgan fingerprint density at radius 1 is 0.711 bits per heavy atom. The number of alkyl halides is 3. The maximum absolute atomic E-state index is 14.9. The molecule has 90 heavy (non-hydrogen) atoms. The predicted octanol–water partition coefficient (Wildman–Crippen LogP) is 5.19. The lowest BCUT2D eigenvalue weighted by molar-refractivity contribution is -0.149. The number of nitrogens with zero attached hydrogens (tertiary/aromatic N) is 7. The van der Waals surface area contributed by atoms with Crippen LogP contribution in [0.15, 0.2) is 30.9 Å². The zero-order valence-corrected chi connectivity index (χ0v) is 56.0. The number of aryl methyl sites for hydroxylation is 1. The van der Waals surface area contributed by atoms with E-state index in [0.717, 1.165) is 58.9 Å². The van der Waals surface area contributed by atoms with Crippen LogP contribution in [0.2, 0.25) is 5.02 Å². The highest BCUT2D eigenvalue weighted by molar-refractivity contribution is 6.31. The molecular weight excluding hydrogens is 1190 g/mol. The van der Waals surface area contributed by atoms with Gasteiger partial charge in [0.05, 0.1) is 30.2 Å². The summed E-state index contributed by atoms with van der Waals surface area (Å²) in [6.07, 6.45) is 1.60. The minimum Gasteiger partial charge on any atom is -0.351 e. The molecule has 9 atom stereocenters. The van der Waals surface area contributed by atoms with E-state index in [-0.39, 0.29) is 63.3 Å². The van der Waals surface area contributed by atoms with Crippen LogP contribution in [0.4, 0.5) is 13.2 Å². The molecule has 1 saturated carbocycles. The zero-order chi connectivity index (χ0) is 67.9. The number of benzene rings is 1. The Hall–Kier alpha value is -6.79. The fourth-order valence-corrected chi connectivity index (χ4v) is 12.5. The van der Waals surface area contributed by atoms with Gasteiger partial charge in [0.25, 0.3) is 0 Å². The third kappa shape index (κ3) is 20.4. The summed E-state index contributed by atoms with van der Waals surface area (Å²) in [4.78, 5) is 167. The summed E-state index contributed by atoms with van der Waals surface area (Å²) < 4.78 is 41.2. The molecule has 26 heteroatoms. The fourth-order valence-electron chi connectivity index (χ4n) is 12.2. The second kappa shape index (κ2) is 33.5. The van der Waals surface area contributed by atoms with Gasteiger partial charge in [-0.1, -0.05) is 104 Å². The molecule has 0 aromatic heterocycles. The van der Waals surface area contributed by atoms with Crippen molar-refractivity contribution in [3.05, 3.63) is 47.0 Å². The largest absolute Gasteiger partial charge is 0.417 e. The molecule has 11 amide bonds. The zero-order valence-electron chi connectivity index (χ0n) is 55.2. The number of halogens is 4. The maximum Gasteiger partial charge on any atom is 0.417 e. The third-order valence-corrected chi connectivity index (χ3v) is 18.1. The average molecular weight is 1290 g/mol. The maximum atomic E-state index is 14.9. The van der Waals surface area contributed by atoms with Gasteiger partial charge in [-0.2, -0.15) is 13.2 Å². The molecule has 0 radical (unpaired) electrons. The smallest absolute Gasteiger partial charge is 0.351 e. The fraction of sp³-hybridized carbons (Fsp3) is 0.703. The minimum atomic E-state index is -4.75. The molecule has 1 aromatic carbocycles. The number of amides is 11. The SMILES string of the molecule is C=CC[C@@]1(C)NC(=O)C2CCCN2C(=O)[C@H](CCc2ccc(C(F)(F)F)c(Cl)c2)NC(=O)CN(C)C(=O)[C@H](CC2CCCCC2)N(C)C(=O)CN(C)C(=O)CN(C)C(=O)[C@H]([C@@H](C)CC)NC(=O)[C@H](CC(C)C)N(C)C(=O)C[C@@H](C)NC(=O)[C@H](C(C)C)N(C)C1=O. The standard InChI is InChI=1S/C64H99ClF3N11O11/c1-16-29-63(9)62(90)78(15)55(39(5)6)58(86)69-41(8)32-51(81)76(13)48(31-38(3)4)56(84)71-54(40(7)17-2)61(89)75(12)36-52(82)73(10)37-53(83)77(14)49(34-42-22-19-18-20-23-42)60(88)74(11)35-50(80)70-46(59(87)79-30-21-24-47(79)57(85)72-63)28-26-43-25-27-44(45(65)33-43)64(66,67)68/h16,25,27,33,38-42,46-49,54-55H,1,17-24,26,28-32,34-37H2,2-15H3,(H,69,86)(H,70,80)(H,71,84)(H,72,85)/t40-,41+,46-,47?,48-,49-,54-,55-,63+/m0/s1. The molecule has 3 fully saturated rings. The number of hydrogen-bond donors (Lipinski definition) is 4. The highest BCUT2D eigenvalue weighted by atomic mass is 35.5. The van der Waals surface area contributed by atoms with E-state index in [1.54, 1.807) is 27.7 Å². The quantitative estimate of drug-likeness (QED) is 0.198.